The zero-order valence-corrected chi connectivity index (χ0v) is 19.4. The first-order chi connectivity index (χ1) is 13.6. The van der Waals surface area contributed by atoms with Crippen molar-refractivity contribution in [1.82, 2.24) is 10.2 Å². The summed E-state index contributed by atoms with van der Waals surface area (Å²) in [5.41, 5.74) is 7.16. The van der Waals surface area contributed by atoms with E-state index in [9.17, 15) is 4.79 Å². The zero-order chi connectivity index (χ0) is 19.9. The molecule has 0 bridgehead atoms. The summed E-state index contributed by atoms with van der Waals surface area (Å²) in [4.78, 5) is 15.1. The van der Waals surface area contributed by atoms with Crippen LogP contribution in [0.1, 0.15) is 37.3 Å². The number of halogens is 2. The Kier molecular flexibility index (Phi) is 11.8. The molecule has 0 radical (unpaired) electrons. The standard InChI is InChI=1S/C21H33N3O4.2ClH/c1-26-19-7-6-15(13-20(19)27-2)18(24-8-10-28-11-9-24)14-23-21(25)16-4-3-5-17(22)12-16;;/h6-7,13,16-18H,3-5,8-12,14,22H2,1-2H3,(H,23,25);2*1H. The van der Waals surface area contributed by atoms with Gasteiger partial charge < -0.3 is 25.3 Å². The van der Waals surface area contributed by atoms with E-state index in [1.807, 2.05) is 18.2 Å². The van der Waals surface area contributed by atoms with E-state index in [-0.39, 0.29) is 48.7 Å². The monoisotopic (exact) mass is 463 g/mol. The lowest BCUT2D eigenvalue weighted by atomic mass is 9.85. The highest BCUT2D eigenvalue weighted by atomic mass is 35.5. The van der Waals surface area contributed by atoms with Crippen LogP contribution in [0.2, 0.25) is 0 Å². The van der Waals surface area contributed by atoms with Gasteiger partial charge in [-0.3, -0.25) is 9.69 Å². The minimum atomic E-state index is 0. The van der Waals surface area contributed by atoms with E-state index in [0.717, 1.165) is 44.3 Å². The van der Waals surface area contributed by atoms with E-state index >= 15 is 0 Å². The van der Waals surface area contributed by atoms with Gasteiger partial charge in [0, 0.05) is 31.6 Å². The number of morpholine rings is 1. The summed E-state index contributed by atoms with van der Waals surface area (Å²) in [6, 6.07) is 6.17. The number of nitrogens with one attached hydrogen (secondary N) is 1. The second-order valence-electron chi connectivity index (χ2n) is 7.65. The molecule has 3 N–H and O–H groups in total. The fourth-order valence-electron chi connectivity index (χ4n) is 4.21. The lowest BCUT2D eigenvalue weighted by Gasteiger charge is -2.35. The van der Waals surface area contributed by atoms with E-state index in [2.05, 4.69) is 10.2 Å². The fourth-order valence-corrected chi connectivity index (χ4v) is 4.21. The molecule has 2 aliphatic rings. The average Bonchev–Trinajstić information content (AvgIpc) is 2.74. The van der Waals surface area contributed by atoms with Gasteiger partial charge in [0.25, 0.3) is 0 Å². The van der Waals surface area contributed by atoms with Gasteiger partial charge in [-0.15, -0.1) is 24.8 Å². The fraction of sp³-hybridized carbons (Fsp3) is 0.667. The predicted molar refractivity (Wildman–Crippen MR) is 122 cm³/mol. The van der Waals surface area contributed by atoms with Gasteiger partial charge in [0.2, 0.25) is 5.91 Å². The summed E-state index contributed by atoms with van der Waals surface area (Å²) < 4.78 is 16.4. The Bertz CT molecular complexity index is 659. The number of nitrogens with two attached hydrogens (primary N) is 1. The van der Waals surface area contributed by atoms with E-state index in [4.69, 9.17) is 19.9 Å². The molecule has 30 heavy (non-hydrogen) atoms. The van der Waals surface area contributed by atoms with Crippen LogP contribution in [-0.2, 0) is 9.53 Å². The maximum atomic E-state index is 12.7. The molecule has 1 amide bonds. The number of amides is 1. The Labute approximate surface area is 191 Å². The van der Waals surface area contributed by atoms with Crippen molar-refractivity contribution in [2.75, 3.05) is 47.1 Å². The molecule has 1 aromatic rings. The van der Waals surface area contributed by atoms with Gasteiger partial charge in [-0.05, 0) is 37.0 Å². The van der Waals surface area contributed by atoms with Crippen molar-refractivity contribution >= 4 is 30.7 Å². The van der Waals surface area contributed by atoms with E-state index in [1.165, 1.54) is 0 Å². The molecule has 3 rings (SSSR count). The van der Waals surface area contributed by atoms with Crippen LogP contribution in [0.15, 0.2) is 18.2 Å². The number of methoxy groups -OCH3 is 2. The summed E-state index contributed by atoms with van der Waals surface area (Å²) in [6.45, 7) is 3.64. The highest BCUT2D eigenvalue weighted by Crippen LogP contribution is 2.32. The highest BCUT2D eigenvalue weighted by Gasteiger charge is 2.28. The molecule has 1 aliphatic carbocycles. The van der Waals surface area contributed by atoms with Crippen LogP contribution in [0.25, 0.3) is 0 Å². The van der Waals surface area contributed by atoms with Crippen molar-refractivity contribution < 1.29 is 19.0 Å². The first-order valence-corrected chi connectivity index (χ1v) is 10.2. The number of hydrogen-bond acceptors (Lipinski definition) is 6. The van der Waals surface area contributed by atoms with E-state index in [0.29, 0.717) is 31.3 Å². The first-order valence-electron chi connectivity index (χ1n) is 10.2. The lowest BCUT2D eigenvalue weighted by molar-refractivity contribution is -0.126. The normalized spacial score (nSPS) is 22.8. The number of rotatable bonds is 7. The van der Waals surface area contributed by atoms with Crippen LogP contribution >= 0.6 is 24.8 Å². The molecule has 1 saturated carbocycles. The van der Waals surface area contributed by atoms with Crippen molar-refractivity contribution in [2.45, 2.75) is 37.8 Å². The third-order valence-corrected chi connectivity index (χ3v) is 5.83. The lowest BCUT2D eigenvalue weighted by Crippen LogP contribution is -2.45. The molecule has 2 fully saturated rings. The van der Waals surface area contributed by atoms with Crippen molar-refractivity contribution in [2.24, 2.45) is 11.7 Å². The van der Waals surface area contributed by atoms with E-state index < -0.39 is 0 Å². The summed E-state index contributed by atoms with van der Waals surface area (Å²) in [7, 11) is 3.27. The van der Waals surface area contributed by atoms with Gasteiger partial charge >= 0.3 is 0 Å². The van der Waals surface area contributed by atoms with Crippen molar-refractivity contribution in [3.63, 3.8) is 0 Å². The minimum Gasteiger partial charge on any atom is -0.493 e. The molecule has 3 atom stereocenters. The smallest absolute Gasteiger partial charge is 0.223 e. The van der Waals surface area contributed by atoms with Gasteiger partial charge in [-0.1, -0.05) is 12.5 Å². The van der Waals surface area contributed by atoms with Crippen LogP contribution in [-0.4, -0.2) is 63.9 Å². The molecule has 7 nitrogen and oxygen atoms in total. The Balaban J connectivity index is 0.00000225. The quantitative estimate of drug-likeness (QED) is 0.645. The molecule has 172 valence electrons. The van der Waals surface area contributed by atoms with Crippen LogP contribution in [0.5, 0.6) is 11.5 Å². The number of nitrogens with zero attached hydrogens (tertiary/aromatic N) is 1. The van der Waals surface area contributed by atoms with Crippen LogP contribution in [0.4, 0.5) is 0 Å². The van der Waals surface area contributed by atoms with Crippen LogP contribution in [0, 0.1) is 5.92 Å². The van der Waals surface area contributed by atoms with Crippen molar-refractivity contribution in [3.05, 3.63) is 23.8 Å². The van der Waals surface area contributed by atoms with Crippen LogP contribution < -0.4 is 20.5 Å². The number of ether oxygens (including phenoxy) is 3. The summed E-state index contributed by atoms with van der Waals surface area (Å²) in [5, 5.41) is 3.19. The van der Waals surface area contributed by atoms with Crippen molar-refractivity contribution in [3.8, 4) is 11.5 Å². The Hall–Kier alpha value is -1.25. The molecule has 3 unspecified atom stereocenters. The number of hydrogen-bond donors (Lipinski definition) is 2. The average molecular weight is 464 g/mol. The Morgan fingerprint density at radius 2 is 1.90 bits per heavy atom. The number of carbonyl (C=O) groups is 1. The summed E-state index contributed by atoms with van der Waals surface area (Å²) in [6.07, 6.45) is 3.76. The second-order valence-corrected chi connectivity index (χ2v) is 7.65. The number of benzene rings is 1. The molecule has 1 saturated heterocycles. The molecule has 0 spiro atoms. The number of carbonyl (C=O) groups excluding carboxylic acids is 1. The van der Waals surface area contributed by atoms with Gasteiger partial charge in [0.05, 0.1) is 33.5 Å². The van der Waals surface area contributed by atoms with Crippen LogP contribution in [0.3, 0.4) is 0 Å². The maximum Gasteiger partial charge on any atom is 0.223 e. The zero-order valence-electron chi connectivity index (χ0n) is 17.8. The third kappa shape index (κ3) is 6.89. The summed E-state index contributed by atoms with van der Waals surface area (Å²) >= 11 is 0. The topological polar surface area (TPSA) is 86.0 Å². The van der Waals surface area contributed by atoms with Gasteiger partial charge in [0.15, 0.2) is 11.5 Å². The van der Waals surface area contributed by atoms with Gasteiger partial charge in [0.1, 0.15) is 0 Å². The molecular formula is C21H35Cl2N3O4. The molecule has 9 heteroatoms. The molecule has 0 aromatic heterocycles. The molecule has 1 aromatic carbocycles. The van der Waals surface area contributed by atoms with Gasteiger partial charge in [-0.25, -0.2) is 0 Å². The second kappa shape index (κ2) is 13.2. The van der Waals surface area contributed by atoms with Gasteiger partial charge in [-0.2, -0.15) is 0 Å². The Morgan fingerprint density at radius 3 is 2.53 bits per heavy atom. The van der Waals surface area contributed by atoms with E-state index in [1.54, 1.807) is 14.2 Å². The largest absolute Gasteiger partial charge is 0.493 e. The molecule has 1 aliphatic heterocycles. The first kappa shape index (κ1) is 26.8. The minimum absolute atomic E-state index is 0. The SMILES string of the molecule is COc1ccc(C(CNC(=O)C2CCCC(N)C2)N2CCOCC2)cc1OC.Cl.Cl. The third-order valence-electron chi connectivity index (χ3n) is 5.83. The molecular weight excluding hydrogens is 429 g/mol. The highest BCUT2D eigenvalue weighted by molar-refractivity contribution is 5.85. The predicted octanol–water partition coefficient (Wildman–Crippen LogP) is 2.55. The Morgan fingerprint density at radius 1 is 1.20 bits per heavy atom. The maximum absolute atomic E-state index is 12.7. The summed E-state index contributed by atoms with van der Waals surface area (Å²) in [5.74, 6) is 1.54. The molecule has 1 heterocycles. The van der Waals surface area contributed by atoms with Crippen molar-refractivity contribution in [1.29, 1.82) is 0 Å².